The Kier molecular flexibility index (Phi) is 6.75. The summed E-state index contributed by atoms with van der Waals surface area (Å²) in [7, 11) is 0. The summed E-state index contributed by atoms with van der Waals surface area (Å²) in [4.78, 5) is 30.5. The number of amides is 1. The number of aryl methyl sites for hydroxylation is 2. The summed E-state index contributed by atoms with van der Waals surface area (Å²) in [6.45, 7) is 8.49. The van der Waals surface area contributed by atoms with Crippen molar-refractivity contribution < 1.29 is 4.79 Å². The molecule has 3 aromatic rings. The van der Waals surface area contributed by atoms with Gasteiger partial charge >= 0.3 is 0 Å². The zero-order chi connectivity index (χ0) is 21.0. The highest BCUT2D eigenvalue weighted by molar-refractivity contribution is 8.00. The van der Waals surface area contributed by atoms with Crippen molar-refractivity contribution in [3.63, 3.8) is 0 Å². The molecule has 1 unspecified atom stereocenters. The van der Waals surface area contributed by atoms with Gasteiger partial charge in [0.2, 0.25) is 5.91 Å². The van der Waals surface area contributed by atoms with Crippen LogP contribution in [0.25, 0.3) is 10.9 Å². The minimum Gasteiger partial charge on any atom is -0.325 e. The Morgan fingerprint density at radius 2 is 1.83 bits per heavy atom. The average Bonchev–Trinajstić information content (AvgIpc) is 2.70. The van der Waals surface area contributed by atoms with Gasteiger partial charge in [-0.05, 0) is 50.5 Å². The van der Waals surface area contributed by atoms with Crippen molar-refractivity contribution in [3.05, 3.63) is 63.9 Å². The number of rotatable bonds is 7. The lowest BCUT2D eigenvalue weighted by atomic mass is 10.1. The lowest BCUT2D eigenvalue weighted by molar-refractivity contribution is -0.115. The molecule has 0 aliphatic rings. The van der Waals surface area contributed by atoms with Gasteiger partial charge in [-0.1, -0.05) is 55.4 Å². The molecule has 0 saturated heterocycles. The molecule has 1 atom stereocenters. The summed E-state index contributed by atoms with van der Waals surface area (Å²) >= 11 is 1.33. The molecule has 29 heavy (non-hydrogen) atoms. The van der Waals surface area contributed by atoms with Gasteiger partial charge in [0.1, 0.15) is 0 Å². The fourth-order valence-electron chi connectivity index (χ4n) is 3.20. The third kappa shape index (κ3) is 4.70. The highest BCUT2D eigenvalue weighted by atomic mass is 32.2. The molecule has 0 bridgehead atoms. The Morgan fingerprint density at radius 1 is 1.14 bits per heavy atom. The normalized spacial score (nSPS) is 12.1. The van der Waals surface area contributed by atoms with Crippen LogP contribution in [-0.4, -0.2) is 20.7 Å². The summed E-state index contributed by atoms with van der Waals surface area (Å²) in [5.41, 5.74) is 3.52. The number of anilines is 1. The van der Waals surface area contributed by atoms with Crippen molar-refractivity contribution in [3.8, 4) is 0 Å². The number of nitrogens with zero attached hydrogens (tertiary/aromatic N) is 2. The van der Waals surface area contributed by atoms with E-state index in [0.29, 0.717) is 22.6 Å². The Balaban J connectivity index is 1.89. The number of unbranched alkanes of at least 4 members (excludes halogenated alkanes) is 1. The zero-order valence-electron chi connectivity index (χ0n) is 17.4. The minimum absolute atomic E-state index is 0.0473. The first-order valence-corrected chi connectivity index (χ1v) is 10.8. The number of hydrogen-bond acceptors (Lipinski definition) is 4. The van der Waals surface area contributed by atoms with Gasteiger partial charge in [-0.15, -0.1) is 0 Å². The smallest absolute Gasteiger partial charge is 0.262 e. The van der Waals surface area contributed by atoms with Crippen molar-refractivity contribution in [2.75, 3.05) is 5.32 Å². The van der Waals surface area contributed by atoms with Gasteiger partial charge in [-0.3, -0.25) is 14.2 Å². The fourth-order valence-corrected chi connectivity index (χ4v) is 4.13. The topological polar surface area (TPSA) is 64.0 Å². The number of hydrogen-bond donors (Lipinski definition) is 1. The number of para-hydroxylation sites is 2. The SMILES string of the molecule is CCCCn1c(SC(C)C(=O)Nc2c(C)cccc2C)nc2ccccc2c1=O. The first-order valence-electron chi connectivity index (χ1n) is 9.95. The van der Waals surface area contributed by atoms with Gasteiger partial charge in [0.15, 0.2) is 5.16 Å². The van der Waals surface area contributed by atoms with E-state index in [-0.39, 0.29) is 11.5 Å². The van der Waals surface area contributed by atoms with Crippen LogP contribution in [0.3, 0.4) is 0 Å². The lowest BCUT2D eigenvalue weighted by Crippen LogP contribution is -2.27. The van der Waals surface area contributed by atoms with E-state index >= 15 is 0 Å². The Labute approximate surface area is 175 Å². The number of aromatic nitrogens is 2. The molecule has 0 radical (unpaired) electrons. The third-order valence-electron chi connectivity index (χ3n) is 4.94. The molecule has 1 amide bonds. The number of carbonyl (C=O) groups is 1. The molecule has 3 rings (SSSR count). The summed E-state index contributed by atoms with van der Waals surface area (Å²) in [5, 5.41) is 3.85. The monoisotopic (exact) mass is 409 g/mol. The lowest BCUT2D eigenvalue weighted by Gasteiger charge is -2.17. The number of nitrogens with one attached hydrogen (secondary N) is 1. The maximum atomic E-state index is 13.0. The fraction of sp³-hybridized carbons (Fsp3) is 0.348. The number of fused-ring (bicyclic) bond motifs is 1. The Bertz CT molecular complexity index is 1070. The minimum atomic E-state index is -0.394. The molecule has 0 saturated carbocycles. The number of thioether (sulfide) groups is 1. The van der Waals surface area contributed by atoms with Crippen LogP contribution in [0.1, 0.15) is 37.8 Å². The van der Waals surface area contributed by atoms with Crippen LogP contribution in [0.15, 0.2) is 52.4 Å². The second kappa shape index (κ2) is 9.27. The summed E-state index contributed by atoms with van der Waals surface area (Å²) in [6, 6.07) is 13.3. The van der Waals surface area contributed by atoms with E-state index in [2.05, 4.69) is 12.2 Å². The van der Waals surface area contributed by atoms with E-state index in [1.807, 2.05) is 57.2 Å². The predicted molar refractivity (Wildman–Crippen MR) is 121 cm³/mol. The van der Waals surface area contributed by atoms with Crippen LogP contribution < -0.4 is 10.9 Å². The first-order chi connectivity index (χ1) is 13.9. The summed E-state index contributed by atoms with van der Waals surface area (Å²) in [6.07, 6.45) is 1.86. The standard InChI is InChI=1S/C23H27N3O2S/c1-5-6-14-26-22(28)18-12-7-8-13-19(18)24-23(26)29-17(4)21(27)25-20-15(2)10-9-11-16(20)3/h7-13,17H,5-6,14H2,1-4H3,(H,25,27). The van der Waals surface area contributed by atoms with E-state index in [9.17, 15) is 9.59 Å². The highest BCUT2D eigenvalue weighted by Crippen LogP contribution is 2.26. The third-order valence-corrected chi connectivity index (χ3v) is 6.03. The Morgan fingerprint density at radius 3 is 2.52 bits per heavy atom. The van der Waals surface area contributed by atoms with E-state index in [4.69, 9.17) is 4.98 Å². The van der Waals surface area contributed by atoms with Crippen molar-refractivity contribution in [2.45, 2.75) is 57.5 Å². The van der Waals surface area contributed by atoms with Crippen LogP contribution in [0, 0.1) is 13.8 Å². The van der Waals surface area contributed by atoms with Crippen LogP contribution in [0.4, 0.5) is 5.69 Å². The average molecular weight is 410 g/mol. The zero-order valence-corrected chi connectivity index (χ0v) is 18.2. The maximum absolute atomic E-state index is 13.0. The summed E-state index contributed by atoms with van der Waals surface area (Å²) in [5.74, 6) is -0.100. The van der Waals surface area contributed by atoms with Crippen molar-refractivity contribution in [1.29, 1.82) is 0 Å². The van der Waals surface area contributed by atoms with Gasteiger partial charge < -0.3 is 5.32 Å². The van der Waals surface area contributed by atoms with Crippen molar-refractivity contribution >= 4 is 34.3 Å². The van der Waals surface area contributed by atoms with E-state index in [1.54, 1.807) is 10.6 Å². The van der Waals surface area contributed by atoms with Crippen molar-refractivity contribution in [2.24, 2.45) is 0 Å². The van der Waals surface area contributed by atoms with Crippen LogP contribution >= 0.6 is 11.8 Å². The van der Waals surface area contributed by atoms with Gasteiger partial charge in [-0.25, -0.2) is 4.98 Å². The molecule has 1 N–H and O–H groups in total. The van der Waals surface area contributed by atoms with Crippen molar-refractivity contribution in [1.82, 2.24) is 9.55 Å². The molecule has 0 spiro atoms. The molecular weight excluding hydrogens is 382 g/mol. The molecule has 0 fully saturated rings. The molecule has 1 heterocycles. The van der Waals surface area contributed by atoms with E-state index < -0.39 is 5.25 Å². The van der Waals surface area contributed by atoms with E-state index in [0.717, 1.165) is 29.7 Å². The summed E-state index contributed by atoms with van der Waals surface area (Å²) < 4.78 is 1.71. The quantitative estimate of drug-likeness (QED) is 0.444. The molecular formula is C23H27N3O2S. The molecule has 5 nitrogen and oxygen atoms in total. The molecule has 152 valence electrons. The molecule has 0 aliphatic heterocycles. The van der Waals surface area contributed by atoms with Crippen LogP contribution in [-0.2, 0) is 11.3 Å². The first kappa shape index (κ1) is 21.1. The van der Waals surface area contributed by atoms with Gasteiger partial charge in [0.05, 0.1) is 16.2 Å². The van der Waals surface area contributed by atoms with Crippen LogP contribution in [0.5, 0.6) is 0 Å². The number of carbonyl (C=O) groups excluding carboxylic acids is 1. The highest BCUT2D eigenvalue weighted by Gasteiger charge is 2.20. The molecule has 6 heteroatoms. The maximum Gasteiger partial charge on any atom is 0.262 e. The molecule has 0 aliphatic carbocycles. The molecule has 2 aromatic carbocycles. The van der Waals surface area contributed by atoms with Gasteiger partial charge in [0, 0.05) is 12.2 Å². The number of benzene rings is 2. The van der Waals surface area contributed by atoms with E-state index in [1.165, 1.54) is 11.8 Å². The largest absolute Gasteiger partial charge is 0.325 e. The van der Waals surface area contributed by atoms with Gasteiger partial charge in [-0.2, -0.15) is 0 Å². The Hall–Kier alpha value is -2.60. The van der Waals surface area contributed by atoms with Gasteiger partial charge in [0.25, 0.3) is 5.56 Å². The predicted octanol–water partition coefficient (Wildman–Crippen LogP) is 4.93. The second-order valence-corrected chi connectivity index (χ2v) is 8.55. The molecule has 1 aromatic heterocycles. The van der Waals surface area contributed by atoms with Crippen LogP contribution in [0.2, 0.25) is 0 Å². The second-order valence-electron chi connectivity index (χ2n) is 7.24.